The third kappa shape index (κ3) is 6.53. The molecule has 0 radical (unpaired) electrons. The molecule has 0 heterocycles. The molecule has 1 amide bonds. The number of carboxylic acid groups (broad SMARTS) is 1. The molecule has 19 heavy (non-hydrogen) atoms. The number of amides is 1. The molecule has 0 aromatic heterocycles. The molecule has 8 heteroatoms. The molecule has 104 valence electrons. The summed E-state index contributed by atoms with van der Waals surface area (Å²) in [5.74, 6) is -2.13. The molecule has 1 aromatic rings. The van der Waals surface area contributed by atoms with Crippen LogP contribution in [0, 0.1) is 0 Å². The van der Waals surface area contributed by atoms with E-state index in [-0.39, 0.29) is 5.75 Å². The Morgan fingerprint density at radius 1 is 1.11 bits per heavy atom. The SMILES string of the molecule is O=C(O)CNC(=O)CNS(=O)(=O)Cc1ccccc1. The van der Waals surface area contributed by atoms with Crippen LogP contribution in [0.2, 0.25) is 0 Å². The quantitative estimate of drug-likeness (QED) is 0.614. The highest BCUT2D eigenvalue weighted by molar-refractivity contribution is 7.88. The molecule has 0 fully saturated rings. The van der Waals surface area contributed by atoms with Crippen molar-refractivity contribution in [3.8, 4) is 0 Å². The van der Waals surface area contributed by atoms with E-state index in [2.05, 4.69) is 10.0 Å². The number of carbonyl (C=O) groups excluding carboxylic acids is 1. The summed E-state index contributed by atoms with van der Waals surface area (Å²) in [4.78, 5) is 21.3. The summed E-state index contributed by atoms with van der Waals surface area (Å²) in [6.45, 7) is -1.03. The van der Waals surface area contributed by atoms with E-state index in [1.807, 2.05) is 0 Å². The van der Waals surface area contributed by atoms with E-state index in [4.69, 9.17) is 5.11 Å². The van der Waals surface area contributed by atoms with Crippen LogP contribution in [-0.4, -0.2) is 38.5 Å². The molecule has 0 unspecified atom stereocenters. The van der Waals surface area contributed by atoms with E-state index < -0.39 is 35.0 Å². The van der Waals surface area contributed by atoms with Crippen LogP contribution < -0.4 is 10.0 Å². The molecule has 0 saturated heterocycles. The van der Waals surface area contributed by atoms with E-state index in [1.54, 1.807) is 30.3 Å². The van der Waals surface area contributed by atoms with Crippen molar-refractivity contribution in [3.05, 3.63) is 35.9 Å². The fourth-order valence-corrected chi connectivity index (χ4v) is 2.34. The van der Waals surface area contributed by atoms with E-state index in [0.717, 1.165) is 0 Å². The number of aliphatic carboxylic acids is 1. The number of carboxylic acids is 1. The van der Waals surface area contributed by atoms with Crippen LogP contribution in [0.4, 0.5) is 0 Å². The van der Waals surface area contributed by atoms with Crippen molar-refractivity contribution in [1.82, 2.24) is 10.0 Å². The fraction of sp³-hybridized carbons (Fsp3) is 0.273. The Labute approximate surface area is 110 Å². The van der Waals surface area contributed by atoms with Crippen LogP contribution >= 0.6 is 0 Å². The van der Waals surface area contributed by atoms with E-state index in [9.17, 15) is 18.0 Å². The van der Waals surface area contributed by atoms with Crippen molar-refractivity contribution in [2.24, 2.45) is 0 Å². The summed E-state index contributed by atoms with van der Waals surface area (Å²) < 4.78 is 25.4. The maximum absolute atomic E-state index is 11.6. The zero-order valence-corrected chi connectivity index (χ0v) is 10.8. The molecule has 0 spiro atoms. The van der Waals surface area contributed by atoms with Gasteiger partial charge >= 0.3 is 5.97 Å². The summed E-state index contributed by atoms with van der Waals surface area (Å²) in [5.41, 5.74) is 0.598. The monoisotopic (exact) mass is 286 g/mol. The predicted molar refractivity (Wildman–Crippen MR) is 67.7 cm³/mol. The van der Waals surface area contributed by atoms with Gasteiger partial charge in [0.2, 0.25) is 15.9 Å². The lowest BCUT2D eigenvalue weighted by molar-refractivity contribution is -0.137. The van der Waals surface area contributed by atoms with Gasteiger partial charge in [-0.1, -0.05) is 30.3 Å². The Balaban J connectivity index is 2.43. The fourth-order valence-electron chi connectivity index (χ4n) is 1.26. The summed E-state index contributed by atoms with van der Waals surface area (Å²) in [7, 11) is -3.63. The molecule has 0 saturated carbocycles. The first-order valence-electron chi connectivity index (χ1n) is 5.39. The molecular weight excluding hydrogens is 272 g/mol. The molecule has 1 rings (SSSR count). The van der Waals surface area contributed by atoms with Crippen LogP contribution in [0.3, 0.4) is 0 Å². The van der Waals surface area contributed by atoms with Crippen molar-refractivity contribution in [1.29, 1.82) is 0 Å². The van der Waals surface area contributed by atoms with Crippen LogP contribution in [0.25, 0.3) is 0 Å². The Hall–Kier alpha value is -1.93. The minimum absolute atomic E-state index is 0.236. The zero-order chi connectivity index (χ0) is 14.3. The van der Waals surface area contributed by atoms with Gasteiger partial charge in [0.25, 0.3) is 0 Å². The summed E-state index contributed by atoms with van der Waals surface area (Å²) in [5, 5.41) is 10.4. The number of sulfonamides is 1. The molecule has 0 aliphatic carbocycles. The lowest BCUT2D eigenvalue weighted by atomic mass is 10.2. The Kier molecular flexibility index (Phi) is 5.46. The third-order valence-electron chi connectivity index (χ3n) is 2.09. The smallest absolute Gasteiger partial charge is 0.322 e. The predicted octanol–water partition coefficient (Wildman–Crippen LogP) is -0.693. The van der Waals surface area contributed by atoms with E-state index in [1.165, 1.54) is 0 Å². The maximum Gasteiger partial charge on any atom is 0.322 e. The minimum atomic E-state index is -3.63. The topological polar surface area (TPSA) is 113 Å². The molecule has 3 N–H and O–H groups in total. The van der Waals surface area contributed by atoms with E-state index in [0.29, 0.717) is 5.56 Å². The van der Waals surface area contributed by atoms with Gasteiger partial charge in [-0.3, -0.25) is 9.59 Å². The minimum Gasteiger partial charge on any atom is -0.480 e. The van der Waals surface area contributed by atoms with Crippen molar-refractivity contribution < 1.29 is 23.1 Å². The summed E-state index contributed by atoms with van der Waals surface area (Å²) >= 11 is 0. The number of carbonyl (C=O) groups is 2. The van der Waals surface area contributed by atoms with Crippen LogP contribution in [0.1, 0.15) is 5.56 Å². The molecule has 1 aromatic carbocycles. The van der Waals surface area contributed by atoms with Crippen LogP contribution in [0.5, 0.6) is 0 Å². The lowest BCUT2D eigenvalue weighted by Crippen LogP contribution is -2.39. The average molecular weight is 286 g/mol. The Bertz CT molecular complexity index is 541. The second-order valence-corrected chi connectivity index (χ2v) is 5.54. The largest absolute Gasteiger partial charge is 0.480 e. The Morgan fingerprint density at radius 3 is 2.32 bits per heavy atom. The second-order valence-electron chi connectivity index (χ2n) is 3.74. The van der Waals surface area contributed by atoms with Crippen molar-refractivity contribution >= 4 is 21.9 Å². The first kappa shape index (κ1) is 15.1. The lowest BCUT2D eigenvalue weighted by Gasteiger charge is -2.06. The van der Waals surface area contributed by atoms with Gasteiger partial charge in [-0.25, -0.2) is 13.1 Å². The number of nitrogens with one attached hydrogen (secondary N) is 2. The molecule has 0 aliphatic heterocycles. The molecule has 7 nitrogen and oxygen atoms in total. The second kappa shape index (κ2) is 6.86. The molecular formula is C11H14N2O5S. The first-order valence-corrected chi connectivity index (χ1v) is 7.04. The summed E-state index contributed by atoms with van der Waals surface area (Å²) in [6.07, 6.45) is 0. The number of hydrogen-bond donors (Lipinski definition) is 3. The standard InChI is InChI=1S/C11H14N2O5S/c14-10(12-7-11(15)16)6-13-19(17,18)8-9-4-2-1-3-5-9/h1-5,13H,6-8H2,(H,12,14)(H,15,16). The van der Waals surface area contributed by atoms with E-state index >= 15 is 0 Å². The molecule has 0 aliphatic rings. The Morgan fingerprint density at radius 2 is 1.74 bits per heavy atom. The van der Waals surface area contributed by atoms with Gasteiger partial charge in [0.05, 0.1) is 12.3 Å². The summed E-state index contributed by atoms with van der Waals surface area (Å²) in [6, 6.07) is 8.51. The highest BCUT2D eigenvalue weighted by atomic mass is 32.2. The maximum atomic E-state index is 11.6. The normalized spacial score (nSPS) is 10.9. The first-order chi connectivity index (χ1) is 8.89. The van der Waals surface area contributed by atoms with Crippen molar-refractivity contribution in [2.75, 3.05) is 13.1 Å². The van der Waals surface area contributed by atoms with Crippen LogP contribution in [-0.2, 0) is 25.4 Å². The van der Waals surface area contributed by atoms with Gasteiger partial charge in [0, 0.05) is 0 Å². The van der Waals surface area contributed by atoms with Crippen molar-refractivity contribution in [2.45, 2.75) is 5.75 Å². The van der Waals surface area contributed by atoms with Gasteiger partial charge in [-0.15, -0.1) is 0 Å². The number of hydrogen-bond acceptors (Lipinski definition) is 4. The van der Waals surface area contributed by atoms with Gasteiger partial charge in [-0.05, 0) is 5.56 Å². The van der Waals surface area contributed by atoms with Crippen LogP contribution in [0.15, 0.2) is 30.3 Å². The molecule has 0 atom stereocenters. The highest BCUT2D eigenvalue weighted by Crippen LogP contribution is 2.03. The van der Waals surface area contributed by atoms with Gasteiger partial charge < -0.3 is 10.4 Å². The highest BCUT2D eigenvalue weighted by Gasteiger charge is 2.13. The van der Waals surface area contributed by atoms with Gasteiger partial charge in [-0.2, -0.15) is 0 Å². The zero-order valence-electron chi connectivity index (χ0n) is 10.00. The third-order valence-corrected chi connectivity index (χ3v) is 3.39. The number of benzene rings is 1. The van der Waals surface area contributed by atoms with Gasteiger partial charge in [0.1, 0.15) is 6.54 Å². The molecule has 0 bridgehead atoms. The number of rotatable bonds is 7. The van der Waals surface area contributed by atoms with Gasteiger partial charge in [0.15, 0.2) is 0 Å². The average Bonchev–Trinajstić information content (AvgIpc) is 2.34. The van der Waals surface area contributed by atoms with Crippen molar-refractivity contribution in [3.63, 3.8) is 0 Å².